The average molecular weight is 797 g/mol. The van der Waals surface area contributed by atoms with Crippen molar-refractivity contribution in [2.45, 2.75) is 54.9 Å². The fourth-order valence-corrected chi connectivity index (χ4v) is 5.02. The van der Waals surface area contributed by atoms with E-state index in [-0.39, 0.29) is 41.2 Å². The molecule has 6 rings (SSSR count). The number of Topliss-reactive ketones (excluding diaryl/α,β-unsaturated/α-hetero) is 1. The molecule has 4 amide bonds. The maximum Gasteiger partial charge on any atom is 0.253 e. The molecule has 4 unspecified atom stereocenters. The molecule has 308 valence electrons. The number of allylic oxidation sites excluding steroid dienone is 2. The number of rotatable bonds is 1. The molecule has 2 aromatic carbocycles. The third kappa shape index (κ3) is 23.0. The number of amides is 4. The van der Waals surface area contributed by atoms with Crippen molar-refractivity contribution >= 4 is 29.4 Å². The highest BCUT2D eigenvalue weighted by molar-refractivity contribution is 6.12. The number of terminal acetylenes is 1. The van der Waals surface area contributed by atoms with Crippen molar-refractivity contribution in [3.05, 3.63) is 96.1 Å². The summed E-state index contributed by atoms with van der Waals surface area (Å²) in [5, 5.41) is 0. The highest BCUT2D eigenvalue weighted by Gasteiger charge is 2.58. The molecular weight excluding hydrogens is 741 g/mol. The van der Waals surface area contributed by atoms with Gasteiger partial charge in [0.05, 0.1) is 18.9 Å². The van der Waals surface area contributed by atoms with Crippen molar-refractivity contribution in [2.24, 2.45) is 23.7 Å². The van der Waals surface area contributed by atoms with Gasteiger partial charge in [-0.25, -0.2) is 0 Å². The molecule has 59 heavy (non-hydrogen) atoms. The van der Waals surface area contributed by atoms with E-state index in [0.29, 0.717) is 18.4 Å². The lowest BCUT2D eigenvalue weighted by molar-refractivity contribution is -0.139. The fourth-order valence-electron chi connectivity index (χ4n) is 5.02. The van der Waals surface area contributed by atoms with Crippen LogP contribution in [0.2, 0.25) is 0 Å². The van der Waals surface area contributed by atoms with Crippen molar-refractivity contribution in [1.82, 2.24) is 9.80 Å². The predicted molar refractivity (Wildman–Crippen MR) is 235 cm³/mol. The highest BCUT2D eigenvalue weighted by Crippen LogP contribution is 2.52. The van der Waals surface area contributed by atoms with E-state index in [9.17, 15) is 24.0 Å². The van der Waals surface area contributed by atoms with Gasteiger partial charge >= 0.3 is 0 Å². The van der Waals surface area contributed by atoms with E-state index in [1.165, 1.54) is 38.1 Å². The molecule has 2 aliphatic carbocycles. The molecule has 2 aromatic rings. The van der Waals surface area contributed by atoms with Crippen LogP contribution in [0.4, 0.5) is 0 Å². The first kappa shape index (κ1) is 54.1. The zero-order valence-corrected chi connectivity index (χ0v) is 36.1. The minimum Gasteiger partial charge on any atom is -0.450 e. The quantitative estimate of drug-likeness (QED) is 0.182. The molecule has 9 heteroatoms. The van der Waals surface area contributed by atoms with Crippen molar-refractivity contribution in [3.8, 4) is 71.7 Å². The molecule has 0 radical (unpaired) electrons. The van der Waals surface area contributed by atoms with Crippen LogP contribution in [0.15, 0.2) is 85.0 Å². The lowest BCUT2D eigenvalue weighted by Crippen LogP contribution is -2.28. The Bertz CT molecular complexity index is 1980. The van der Waals surface area contributed by atoms with Gasteiger partial charge in [-0.15, -0.1) is 35.5 Å². The van der Waals surface area contributed by atoms with Gasteiger partial charge in [-0.05, 0) is 90.0 Å². The first-order valence-electron chi connectivity index (χ1n) is 18.4. The summed E-state index contributed by atoms with van der Waals surface area (Å²) in [6.07, 6.45) is 14.2. The normalized spacial score (nSPS) is 16.8. The van der Waals surface area contributed by atoms with Gasteiger partial charge in [-0.1, -0.05) is 72.7 Å². The van der Waals surface area contributed by atoms with Crippen molar-refractivity contribution in [1.29, 1.82) is 0 Å². The first-order chi connectivity index (χ1) is 28.3. The molecule has 9 nitrogen and oxygen atoms in total. The van der Waals surface area contributed by atoms with Gasteiger partial charge in [0.25, 0.3) is 11.8 Å². The molecule has 0 spiro atoms. The minimum absolute atomic E-state index is 0.0208. The SMILES string of the molecule is C#COC.CC#CC.CC#CC.CC#CCOC.CC#Cc1ccccc1.CC(=O)C#Cc1ccccc1.CN1C(=O)C2C3C=CC(C3)C2C1=O.CN1C(=O)C=CC1=O. The molecule has 2 bridgehead atoms. The smallest absolute Gasteiger partial charge is 0.253 e. The minimum atomic E-state index is -0.241. The predicted octanol–water partition coefficient (Wildman–Crippen LogP) is 6.59. The largest absolute Gasteiger partial charge is 0.450 e. The maximum atomic E-state index is 11.7. The van der Waals surface area contributed by atoms with Crippen molar-refractivity contribution < 1.29 is 33.4 Å². The number of hydrogen-bond acceptors (Lipinski definition) is 7. The maximum absolute atomic E-state index is 11.7. The summed E-state index contributed by atoms with van der Waals surface area (Å²) in [5.41, 5.74) is 1.96. The summed E-state index contributed by atoms with van der Waals surface area (Å²) in [7, 11) is 6.12. The Labute approximate surface area is 353 Å². The Morgan fingerprint density at radius 2 is 1.07 bits per heavy atom. The molecule has 4 aliphatic rings. The number of ketones is 1. The second kappa shape index (κ2) is 34.3. The molecule has 2 fully saturated rings. The number of likely N-dealkylation sites (tertiary alicyclic amines) is 1. The standard InChI is InChI=1S/C10H11NO2.C10H8O.C9H8.C5H5NO2.C5H8O.2C4H6.C3H4O/c1-11-9(12)7-5-2-3-6(4-5)8(7)10(11)13;1-9(11)7-8-10-5-3-2-4-6-10;1-2-6-9-7-4-3-5-8-9;1-6-4(7)2-3-5(6)8;1-3-4-5-6-2;3*1-3-4-2/h2-3,5-8H,4H2,1H3;2-6H,1H3;3-5,7-8H,1H3;2-3H,1H3;5H2,1-2H3;2*1-2H3;1H,2H3. The number of ether oxygens (including phenoxy) is 2. The van der Waals surface area contributed by atoms with E-state index in [1.807, 2.05) is 101 Å². The van der Waals surface area contributed by atoms with Crippen molar-refractivity contribution in [3.63, 3.8) is 0 Å². The van der Waals surface area contributed by atoms with E-state index in [2.05, 4.69) is 87.3 Å². The summed E-state index contributed by atoms with van der Waals surface area (Å²) >= 11 is 0. The van der Waals surface area contributed by atoms with E-state index < -0.39 is 0 Å². The molecule has 1 saturated carbocycles. The summed E-state index contributed by atoms with van der Waals surface area (Å²) < 4.78 is 8.68. The molecule has 2 heterocycles. The Balaban J connectivity index is 0. The van der Waals surface area contributed by atoms with Crippen molar-refractivity contribution in [2.75, 3.05) is 34.9 Å². The molecule has 0 N–H and O–H groups in total. The number of carbonyl (C=O) groups excluding carboxylic acids is 5. The molecule has 1 saturated heterocycles. The number of methoxy groups -OCH3 is 2. The van der Waals surface area contributed by atoms with Crippen LogP contribution in [-0.4, -0.2) is 74.1 Å². The zero-order chi connectivity index (χ0) is 45.0. The lowest BCUT2D eigenvalue weighted by atomic mass is 9.85. The summed E-state index contributed by atoms with van der Waals surface area (Å²) in [6, 6.07) is 19.4. The number of fused-ring (bicyclic) bond motifs is 5. The number of benzene rings is 2. The first-order valence-corrected chi connectivity index (χ1v) is 18.4. The van der Waals surface area contributed by atoms with Gasteiger partial charge in [0.15, 0.2) is 0 Å². The van der Waals surface area contributed by atoms with Gasteiger partial charge in [0.2, 0.25) is 17.6 Å². The summed E-state index contributed by atoms with van der Waals surface area (Å²) in [6.45, 7) is 12.9. The Kier molecular flexibility index (Phi) is 31.4. The molecular formula is C50H56N2O7. The van der Waals surface area contributed by atoms with Crippen LogP contribution in [0.3, 0.4) is 0 Å². The number of hydrogen-bond donors (Lipinski definition) is 0. The third-order valence-corrected chi connectivity index (χ3v) is 7.93. The number of carbonyl (C=O) groups is 5. The highest BCUT2D eigenvalue weighted by atomic mass is 16.5. The van der Waals surface area contributed by atoms with E-state index in [0.717, 1.165) is 22.4 Å². The van der Waals surface area contributed by atoms with Crippen LogP contribution in [-0.2, 0) is 33.4 Å². The third-order valence-electron chi connectivity index (χ3n) is 7.93. The Morgan fingerprint density at radius 3 is 1.34 bits per heavy atom. The van der Waals surface area contributed by atoms with Crippen LogP contribution < -0.4 is 0 Å². The van der Waals surface area contributed by atoms with Crippen LogP contribution in [0, 0.1) is 95.4 Å². The van der Waals surface area contributed by atoms with Gasteiger partial charge < -0.3 is 9.47 Å². The average Bonchev–Trinajstić information content (AvgIpc) is 4.02. The topological polar surface area (TPSA) is 110 Å². The van der Waals surface area contributed by atoms with E-state index in [1.54, 1.807) is 21.1 Å². The lowest BCUT2D eigenvalue weighted by Gasteiger charge is -2.14. The van der Waals surface area contributed by atoms with E-state index in [4.69, 9.17) is 0 Å². The number of likely N-dealkylation sites (N-methyl/N-ethyl adjacent to an activating group) is 1. The van der Waals surface area contributed by atoms with Crippen LogP contribution in [0.5, 0.6) is 0 Å². The molecule has 0 aromatic heterocycles. The Morgan fingerprint density at radius 1 is 0.661 bits per heavy atom. The number of nitrogens with zero attached hydrogens (tertiary/aromatic N) is 2. The summed E-state index contributed by atoms with van der Waals surface area (Å²) in [5.74, 6) is 27.3. The van der Waals surface area contributed by atoms with E-state index >= 15 is 0 Å². The van der Waals surface area contributed by atoms with Gasteiger partial charge in [0.1, 0.15) is 12.7 Å². The van der Waals surface area contributed by atoms with Gasteiger partial charge in [0, 0.05) is 51.4 Å². The number of imide groups is 2. The van der Waals surface area contributed by atoms with Gasteiger partial charge in [-0.2, -0.15) is 0 Å². The second-order valence-corrected chi connectivity index (χ2v) is 11.9. The van der Waals surface area contributed by atoms with Crippen LogP contribution in [0.25, 0.3) is 0 Å². The second-order valence-electron chi connectivity index (χ2n) is 11.9. The Hall–Kier alpha value is -7.01. The van der Waals surface area contributed by atoms with Gasteiger partial charge in [-0.3, -0.25) is 33.8 Å². The monoisotopic (exact) mass is 796 g/mol. The fraction of sp³-hybridized carbons (Fsp3) is 0.340. The van der Waals surface area contributed by atoms with Crippen LogP contribution >= 0.6 is 0 Å². The van der Waals surface area contributed by atoms with Crippen LogP contribution in [0.1, 0.15) is 66.0 Å². The zero-order valence-electron chi connectivity index (χ0n) is 36.1. The molecule has 4 atom stereocenters. The summed E-state index contributed by atoms with van der Waals surface area (Å²) in [4.78, 5) is 56.9. The molecule has 2 aliphatic heterocycles.